The number of hydrogen-bond donors (Lipinski definition) is 2. The van der Waals surface area contributed by atoms with E-state index in [0.717, 1.165) is 0 Å². The zero-order valence-corrected chi connectivity index (χ0v) is 13.0. The van der Waals surface area contributed by atoms with Gasteiger partial charge in [-0.05, 0) is 17.5 Å². The highest BCUT2D eigenvalue weighted by atomic mass is 32.2. The van der Waals surface area contributed by atoms with Gasteiger partial charge in [-0.3, -0.25) is 4.79 Å². The lowest BCUT2D eigenvalue weighted by molar-refractivity contribution is -0.142. The summed E-state index contributed by atoms with van der Waals surface area (Å²) in [4.78, 5) is 24.3. The van der Waals surface area contributed by atoms with Gasteiger partial charge in [0.1, 0.15) is 6.04 Å². The summed E-state index contributed by atoms with van der Waals surface area (Å²) in [5, 5.41) is 20.4. The number of rotatable bonds is 5. The Morgan fingerprint density at radius 1 is 1.38 bits per heavy atom. The normalized spacial score (nSPS) is 12.3. The third-order valence-electron chi connectivity index (χ3n) is 2.81. The number of nitrogens with one attached hydrogen (secondary N) is 1. The molecule has 2 N–H and O–H groups in total. The predicted molar refractivity (Wildman–Crippen MR) is 81.1 cm³/mol. The van der Waals surface area contributed by atoms with Crippen molar-refractivity contribution in [3.05, 3.63) is 29.8 Å². The van der Waals surface area contributed by atoms with E-state index in [4.69, 9.17) is 5.26 Å². The third-order valence-corrected chi connectivity index (χ3v) is 3.75. The summed E-state index contributed by atoms with van der Waals surface area (Å²) in [6, 6.07) is 7.86. The molecule has 0 unspecified atom stereocenters. The van der Waals surface area contributed by atoms with Crippen LogP contribution in [0.3, 0.4) is 0 Å². The monoisotopic (exact) mass is 306 g/mol. The first-order valence-electron chi connectivity index (χ1n) is 6.40. The van der Waals surface area contributed by atoms with Gasteiger partial charge in [-0.2, -0.15) is 5.26 Å². The molecule has 0 aliphatic heterocycles. The number of thioether (sulfide) groups is 1. The van der Waals surface area contributed by atoms with Gasteiger partial charge in [0.25, 0.3) is 5.91 Å². The SMILES string of the molecule is CC(C)(C)[C@H](NC(=O)c1ccccc1SCC#N)C(=O)O. The number of nitrogens with zero attached hydrogens (tertiary/aromatic N) is 1. The molecule has 1 rings (SSSR count). The van der Waals surface area contributed by atoms with Gasteiger partial charge < -0.3 is 10.4 Å². The van der Waals surface area contributed by atoms with Gasteiger partial charge in [0.15, 0.2) is 0 Å². The maximum Gasteiger partial charge on any atom is 0.326 e. The molecular formula is C15H18N2O3S. The van der Waals surface area contributed by atoms with Gasteiger partial charge in [0, 0.05) is 4.90 Å². The summed E-state index contributed by atoms with van der Waals surface area (Å²) in [5.74, 6) is -1.29. The van der Waals surface area contributed by atoms with Gasteiger partial charge in [0.05, 0.1) is 17.4 Å². The number of carbonyl (C=O) groups excluding carboxylic acids is 1. The first-order valence-corrected chi connectivity index (χ1v) is 7.38. The fourth-order valence-corrected chi connectivity index (χ4v) is 2.46. The van der Waals surface area contributed by atoms with Crippen LogP contribution in [-0.4, -0.2) is 28.8 Å². The van der Waals surface area contributed by atoms with Crippen LogP contribution >= 0.6 is 11.8 Å². The smallest absolute Gasteiger partial charge is 0.326 e. The lowest BCUT2D eigenvalue weighted by Gasteiger charge is -2.28. The highest BCUT2D eigenvalue weighted by Crippen LogP contribution is 2.24. The quantitative estimate of drug-likeness (QED) is 0.816. The van der Waals surface area contributed by atoms with Crippen molar-refractivity contribution in [3.63, 3.8) is 0 Å². The molecule has 112 valence electrons. The number of aliphatic carboxylic acids is 1. The van der Waals surface area contributed by atoms with E-state index in [1.54, 1.807) is 45.0 Å². The molecule has 0 aliphatic rings. The van der Waals surface area contributed by atoms with Crippen molar-refractivity contribution in [3.8, 4) is 6.07 Å². The molecule has 1 amide bonds. The summed E-state index contributed by atoms with van der Waals surface area (Å²) in [6.45, 7) is 5.26. The molecule has 0 saturated carbocycles. The van der Waals surface area contributed by atoms with Crippen LogP contribution in [0.15, 0.2) is 29.2 Å². The maximum absolute atomic E-state index is 12.3. The molecule has 0 bridgehead atoms. The molecule has 5 nitrogen and oxygen atoms in total. The lowest BCUT2D eigenvalue weighted by atomic mass is 9.86. The van der Waals surface area contributed by atoms with Crippen LogP contribution in [0.5, 0.6) is 0 Å². The molecule has 1 atom stereocenters. The van der Waals surface area contributed by atoms with Crippen LogP contribution in [-0.2, 0) is 4.79 Å². The van der Waals surface area contributed by atoms with Crippen molar-refractivity contribution < 1.29 is 14.7 Å². The second-order valence-corrected chi connectivity index (χ2v) is 6.57. The summed E-state index contributed by atoms with van der Waals surface area (Å²) < 4.78 is 0. The van der Waals surface area contributed by atoms with Crippen LogP contribution in [0.25, 0.3) is 0 Å². The van der Waals surface area contributed by atoms with E-state index in [0.29, 0.717) is 10.5 Å². The molecule has 6 heteroatoms. The van der Waals surface area contributed by atoms with Crippen LogP contribution in [0, 0.1) is 16.7 Å². The molecule has 21 heavy (non-hydrogen) atoms. The first kappa shape index (κ1) is 17.1. The van der Waals surface area contributed by atoms with Gasteiger partial charge in [-0.25, -0.2) is 4.79 Å². The lowest BCUT2D eigenvalue weighted by Crippen LogP contribution is -2.49. The Hall–Kier alpha value is -2.00. The first-order chi connectivity index (χ1) is 9.77. The highest BCUT2D eigenvalue weighted by Gasteiger charge is 2.33. The molecule has 0 heterocycles. The molecule has 0 fully saturated rings. The average molecular weight is 306 g/mol. The summed E-state index contributed by atoms with van der Waals surface area (Å²) in [6.07, 6.45) is 0. The Kier molecular flexibility index (Phi) is 5.79. The summed E-state index contributed by atoms with van der Waals surface area (Å²) >= 11 is 1.25. The van der Waals surface area contributed by atoms with E-state index in [1.165, 1.54) is 11.8 Å². The zero-order chi connectivity index (χ0) is 16.0. The molecule has 0 aliphatic carbocycles. The highest BCUT2D eigenvalue weighted by molar-refractivity contribution is 7.99. The second kappa shape index (κ2) is 7.14. The minimum absolute atomic E-state index is 0.228. The Labute approximate surface area is 128 Å². The second-order valence-electron chi connectivity index (χ2n) is 5.55. The van der Waals surface area contributed by atoms with Crippen molar-refractivity contribution in [2.24, 2.45) is 5.41 Å². The van der Waals surface area contributed by atoms with Crippen LogP contribution in [0.4, 0.5) is 0 Å². The number of nitriles is 1. The topological polar surface area (TPSA) is 90.2 Å². The average Bonchev–Trinajstić information content (AvgIpc) is 2.40. The van der Waals surface area contributed by atoms with Crippen molar-refractivity contribution in [2.45, 2.75) is 31.7 Å². The number of benzene rings is 1. The number of amides is 1. The number of carboxylic acid groups (broad SMARTS) is 1. The Morgan fingerprint density at radius 2 is 2.00 bits per heavy atom. The van der Waals surface area contributed by atoms with Crippen molar-refractivity contribution in [2.75, 3.05) is 5.75 Å². The van der Waals surface area contributed by atoms with E-state index in [-0.39, 0.29) is 5.75 Å². The molecule has 1 aromatic rings. The van der Waals surface area contributed by atoms with Gasteiger partial charge in [-0.1, -0.05) is 32.9 Å². The minimum atomic E-state index is -1.07. The van der Waals surface area contributed by atoms with E-state index < -0.39 is 23.3 Å². The molecule has 0 aromatic heterocycles. The predicted octanol–water partition coefficient (Wildman–Crippen LogP) is 2.53. The Bertz CT molecular complexity index is 573. The Balaban J connectivity index is 2.99. The van der Waals surface area contributed by atoms with Crippen LogP contribution < -0.4 is 5.32 Å². The van der Waals surface area contributed by atoms with E-state index in [2.05, 4.69) is 5.32 Å². The van der Waals surface area contributed by atoms with Crippen LogP contribution in [0.1, 0.15) is 31.1 Å². The fourth-order valence-electron chi connectivity index (χ4n) is 1.75. The van der Waals surface area contributed by atoms with Crippen LogP contribution in [0.2, 0.25) is 0 Å². The minimum Gasteiger partial charge on any atom is -0.480 e. The fraction of sp³-hybridized carbons (Fsp3) is 0.400. The molecule has 0 saturated heterocycles. The molecular weight excluding hydrogens is 288 g/mol. The summed E-state index contributed by atoms with van der Waals surface area (Å²) in [7, 11) is 0. The summed E-state index contributed by atoms with van der Waals surface area (Å²) in [5.41, 5.74) is -0.218. The van der Waals surface area contributed by atoms with E-state index >= 15 is 0 Å². The zero-order valence-electron chi connectivity index (χ0n) is 12.2. The third kappa shape index (κ3) is 4.80. The van der Waals surface area contributed by atoms with Crippen molar-refractivity contribution in [1.29, 1.82) is 5.26 Å². The van der Waals surface area contributed by atoms with Gasteiger partial charge in [0.2, 0.25) is 0 Å². The van der Waals surface area contributed by atoms with E-state index in [9.17, 15) is 14.7 Å². The van der Waals surface area contributed by atoms with E-state index in [1.807, 2.05) is 6.07 Å². The van der Waals surface area contributed by atoms with Crippen molar-refractivity contribution in [1.82, 2.24) is 5.32 Å². The molecule has 1 aromatic carbocycles. The van der Waals surface area contributed by atoms with Gasteiger partial charge >= 0.3 is 5.97 Å². The number of hydrogen-bond acceptors (Lipinski definition) is 4. The van der Waals surface area contributed by atoms with Crippen molar-refractivity contribution >= 4 is 23.6 Å². The molecule has 0 radical (unpaired) electrons. The standard InChI is InChI=1S/C15H18N2O3S/c1-15(2,3)12(14(19)20)17-13(18)10-6-4-5-7-11(10)21-9-8-16/h4-7,12H,9H2,1-3H3,(H,17,18)(H,19,20)/t12-/m1/s1. The number of carboxylic acids is 1. The molecule has 0 spiro atoms. The van der Waals surface area contributed by atoms with Gasteiger partial charge in [-0.15, -0.1) is 11.8 Å². The largest absolute Gasteiger partial charge is 0.480 e. The number of carbonyl (C=O) groups is 2. The Morgan fingerprint density at radius 3 is 2.52 bits per heavy atom. The maximum atomic E-state index is 12.3.